The Labute approximate surface area is 150 Å². The molecule has 144 valence electrons. The normalized spacial score (nSPS) is 25.9. The van der Waals surface area contributed by atoms with Crippen molar-refractivity contribution in [2.45, 2.75) is 83.6 Å². The first-order valence-corrected chi connectivity index (χ1v) is 9.37. The maximum absolute atomic E-state index is 12.3. The fourth-order valence-corrected chi connectivity index (χ4v) is 3.61. The van der Waals surface area contributed by atoms with E-state index in [-0.39, 0.29) is 24.2 Å². The van der Waals surface area contributed by atoms with E-state index < -0.39 is 24.5 Å². The van der Waals surface area contributed by atoms with Crippen LogP contribution in [0, 0.1) is 11.3 Å². The van der Waals surface area contributed by atoms with Gasteiger partial charge in [-0.05, 0) is 37.9 Å². The lowest BCUT2D eigenvalue weighted by Crippen LogP contribution is -2.51. The van der Waals surface area contributed by atoms with Crippen molar-refractivity contribution in [2.24, 2.45) is 17.1 Å². The highest BCUT2D eigenvalue weighted by Crippen LogP contribution is 2.41. The molecule has 0 saturated heterocycles. The number of nitrogens with two attached hydrogens (primary N) is 1. The molecule has 0 unspecified atom stereocenters. The minimum Gasteiger partial charge on any atom is -0.481 e. The summed E-state index contributed by atoms with van der Waals surface area (Å²) < 4.78 is 0. The van der Waals surface area contributed by atoms with E-state index in [0.29, 0.717) is 32.1 Å². The number of carboxylic acids is 1. The number of amides is 1. The summed E-state index contributed by atoms with van der Waals surface area (Å²) in [5.74, 6) is -0.955. The molecule has 8 heteroatoms. The Bertz CT molecular complexity index is 449. The van der Waals surface area contributed by atoms with Gasteiger partial charge in [0.1, 0.15) is 0 Å². The van der Waals surface area contributed by atoms with Crippen LogP contribution in [0.1, 0.15) is 65.2 Å². The van der Waals surface area contributed by atoms with E-state index in [1.165, 1.54) is 0 Å². The molecule has 7 nitrogen and oxygen atoms in total. The highest BCUT2D eigenvalue weighted by molar-refractivity contribution is 6.40. The SMILES string of the molecule is CC[C@H](C)[C@H](N)C(=O)N[C@H]1CCC[C@@](CCCCB(O)O)(C(=O)O)C1. The molecule has 0 radical (unpaired) electrons. The van der Waals surface area contributed by atoms with Crippen LogP contribution in [0.2, 0.25) is 6.32 Å². The number of unbranched alkanes of at least 4 members (excludes halogenated alkanes) is 1. The molecule has 0 aromatic carbocycles. The number of aliphatic carboxylic acids is 1. The van der Waals surface area contributed by atoms with Crippen LogP contribution in [0.3, 0.4) is 0 Å². The number of hydrogen-bond acceptors (Lipinski definition) is 5. The van der Waals surface area contributed by atoms with Gasteiger partial charge in [-0.15, -0.1) is 0 Å². The molecule has 25 heavy (non-hydrogen) atoms. The number of carbonyl (C=O) groups is 2. The molecule has 0 spiro atoms. The second kappa shape index (κ2) is 10.1. The van der Waals surface area contributed by atoms with E-state index in [0.717, 1.165) is 19.3 Å². The summed E-state index contributed by atoms with van der Waals surface area (Å²) in [7, 11) is -1.35. The molecular weight excluding hydrogens is 323 g/mol. The van der Waals surface area contributed by atoms with Crippen molar-refractivity contribution in [3.05, 3.63) is 0 Å². The highest BCUT2D eigenvalue weighted by Gasteiger charge is 2.43. The van der Waals surface area contributed by atoms with Gasteiger partial charge in [0, 0.05) is 6.04 Å². The van der Waals surface area contributed by atoms with Gasteiger partial charge in [0.2, 0.25) is 5.91 Å². The quantitative estimate of drug-likeness (QED) is 0.294. The van der Waals surface area contributed by atoms with Crippen LogP contribution in [0.15, 0.2) is 0 Å². The van der Waals surface area contributed by atoms with Crippen molar-refractivity contribution in [3.63, 3.8) is 0 Å². The lowest BCUT2D eigenvalue weighted by Gasteiger charge is -2.38. The van der Waals surface area contributed by atoms with Crippen molar-refractivity contribution >= 4 is 19.0 Å². The molecule has 1 amide bonds. The molecule has 0 bridgehead atoms. The van der Waals surface area contributed by atoms with E-state index in [9.17, 15) is 14.7 Å². The van der Waals surface area contributed by atoms with Gasteiger partial charge < -0.3 is 26.2 Å². The van der Waals surface area contributed by atoms with Crippen molar-refractivity contribution in [3.8, 4) is 0 Å². The molecule has 1 aliphatic carbocycles. The van der Waals surface area contributed by atoms with Gasteiger partial charge in [-0.1, -0.05) is 39.5 Å². The van der Waals surface area contributed by atoms with E-state index in [4.69, 9.17) is 15.8 Å². The fraction of sp³-hybridized carbons (Fsp3) is 0.882. The minimum atomic E-state index is -1.35. The van der Waals surface area contributed by atoms with Gasteiger partial charge in [0.15, 0.2) is 0 Å². The zero-order valence-corrected chi connectivity index (χ0v) is 15.4. The van der Waals surface area contributed by atoms with Crippen molar-refractivity contribution in [2.75, 3.05) is 0 Å². The molecule has 1 fully saturated rings. The molecule has 6 N–H and O–H groups in total. The Hall–Kier alpha value is -1.12. The van der Waals surface area contributed by atoms with Crippen molar-refractivity contribution in [1.29, 1.82) is 0 Å². The van der Waals surface area contributed by atoms with Crippen molar-refractivity contribution in [1.82, 2.24) is 5.32 Å². The van der Waals surface area contributed by atoms with Crippen LogP contribution in [-0.2, 0) is 9.59 Å². The molecule has 4 atom stereocenters. The molecule has 0 aromatic rings. The van der Waals surface area contributed by atoms with E-state index in [1.54, 1.807) is 0 Å². The summed E-state index contributed by atoms with van der Waals surface area (Å²) in [6.45, 7) is 3.92. The molecule has 1 aliphatic rings. The van der Waals surface area contributed by atoms with Gasteiger partial charge in [0.05, 0.1) is 11.5 Å². The summed E-state index contributed by atoms with van der Waals surface area (Å²) in [5.41, 5.74) is 5.12. The van der Waals surface area contributed by atoms with Gasteiger partial charge in [-0.3, -0.25) is 9.59 Å². The molecule has 0 aromatic heterocycles. The molecule has 1 rings (SSSR count). The smallest absolute Gasteiger partial charge is 0.451 e. The molecule has 1 saturated carbocycles. The summed E-state index contributed by atoms with van der Waals surface area (Å²) in [6.07, 6.45) is 5.26. The van der Waals surface area contributed by atoms with Crippen LogP contribution in [0.25, 0.3) is 0 Å². The van der Waals surface area contributed by atoms with E-state index in [2.05, 4.69) is 5.32 Å². The topological polar surface area (TPSA) is 133 Å². The van der Waals surface area contributed by atoms with Gasteiger partial charge >= 0.3 is 13.1 Å². The first kappa shape index (κ1) is 21.9. The first-order chi connectivity index (χ1) is 11.7. The van der Waals surface area contributed by atoms with Gasteiger partial charge in [-0.25, -0.2) is 0 Å². The summed E-state index contributed by atoms with van der Waals surface area (Å²) in [5, 5.41) is 30.5. The van der Waals surface area contributed by atoms with Crippen LogP contribution in [0.5, 0.6) is 0 Å². The van der Waals surface area contributed by atoms with Crippen LogP contribution < -0.4 is 11.1 Å². The Morgan fingerprint density at radius 1 is 1.36 bits per heavy atom. The average molecular weight is 356 g/mol. The lowest BCUT2D eigenvalue weighted by atomic mass is 9.68. The van der Waals surface area contributed by atoms with Crippen LogP contribution >= 0.6 is 0 Å². The van der Waals surface area contributed by atoms with Crippen LogP contribution in [0.4, 0.5) is 0 Å². The van der Waals surface area contributed by atoms with E-state index >= 15 is 0 Å². The zero-order chi connectivity index (χ0) is 19.0. The predicted octanol–water partition coefficient (Wildman–Crippen LogP) is 1.13. The number of nitrogens with one attached hydrogen (secondary N) is 1. The lowest BCUT2D eigenvalue weighted by molar-refractivity contribution is -0.152. The first-order valence-electron chi connectivity index (χ1n) is 9.37. The van der Waals surface area contributed by atoms with Gasteiger partial charge in [-0.2, -0.15) is 0 Å². The van der Waals surface area contributed by atoms with Crippen molar-refractivity contribution < 1.29 is 24.7 Å². The molecule has 0 aliphatic heterocycles. The molecule has 0 heterocycles. The Morgan fingerprint density at radius 2 is 2.04 bits per heavy atom. The number of rotatable bonds is 10. The highest BCUT2D eigenvalue weighted by atomic mass is 16.4. The maximum atomic E-state index is 12.3. The number of hydrogen-bond donors (Lipinski definition) is 5. The minimum absolute atomic E-state index is 0.0812. The average Bonchev–Trinajstić information content (AvgIpc) is 2.57. The summed E-state index contributed by atoms with van der Waals surface area (Å²) in [6, 6.07) is -0.743. The summed E-state index contributed by atoms with van der Waals surface area (Å²) in [4.78, 5) is 24.2. The standard InChI is InChI=1S/C17H33BN2O5/c1-3-12(2)14(19)15(21)20-13-7-6-9-17(11-13,16(22)23)8-4-5-10-18(24)25/h12-14,24-25H,3-11,19H2,1-2H3,(H,20,21)(H,22,23)/t12-,13-,14-,17+/m0/s1. The zero-order valence-electron chi connectivity index (χ0n) is 15.4. The largest absolute Gasteiger partial charge is 0.481 e. The third kappa shape index (κ3) is 6.60. The Balaban J connectivity index is 2.64. The number of carboxylic acid groups (broad SMARTS) is 1. The Morgan fingerprint density at radius 3 is 2.60 bits per heavy atom. The fourth-order valence-electron chi connectivity index (χ4n) is 3.61. The monoisotopic (exact) mass is 356 g/mol. The summed E-state index contributed by atoms with van der Waals surface area (Å²) >= 11 is 0. The molecular formula is C17H33BN2O5. The predicted molar refractivity (Wildman–Crippen MR) is 96.7 cm³/mol. The third-order valence-electron chi connectivity index (χ3n) is 5.57. The van der Waals surface area contributed by atoms with Gasteiger partial charge in [0.25, 0.3) is 0 Å². The third-order valence-corrected chi connectivity index (χ3v) is 5.57. The Kier molecular flexibility index (Phi) is 8.89. The number of carbonyl (C=O) groups excluding carboxylic acids is 1. The second-order valence-corrected chi connectivity index (χ2v) is 7.53. The van der Waals surface area contributed by atoms with Crippen LogP contribution in [-0.4, -0.2) is 46.2 Å². The second-order valence-electron chi connectivity index (χ2n) is 7.53. The maximum Gasteiger partial charge on any atom is 0.451 e. The van der Waals surface area contributed by atoms with E-state index in [1.807, 2.05) is 13.8 Å².